The van der Waals surface area contributed by atoms with Gasteiger partial charge in [-0.3, -0.25) is 0 Å². The third-order valence-electron chi connectivity index (χ3n) is 2.70. The Kier molecular flexibility index (Phi) is 1.85. The van der Waals surface area contributed by atoms with Gasteiger partial charge in [-0.15, -0.1) is 0 Å². The Labute approximate surface area is 88.9 Å². The Hall–Kier alpha value is -1.96. The number of aromatic nitrogens is 1. The van der Waals surface area contributed by atoms with Gasteiger partial charge in [-0.2, -0.15) is 0 Å². The lowest BCUT2D eigenvalue weighted by Crippen LogP contribution is -2.10. The zero-order valence-electron chi connectivity index (χ0n) is 8.35. The van der Waals surface area contributed by atoms with Gasteiger partial charge < -0.3 is 9.88 Å². The normalized spacial score (nSPS) is 13.3. The number of benzene rings is 1. The monoisotopic (exact) mass is 196 g/mol. The van der Waals surface area contributed by atoms with Crippen molar-refractivity contribution in [1.29, 1.82) is 0 Å². The third-order valence-corrected chi connectivity index (χ3v) is 2.70. The van der Waals surface area contributed by atoms with E-state index in [0.717, 1.165) is 6.54 Å². The molecule has 0 spiro atoms. The van der Waals surface area contributed by atoms with Gasteiger partial charge in [-0.05, 0) is 36.0 Å². The summed E-state index contributed by atoms with van der Waals surface area (Å²) in [6, 6.07) is 12.6. The standard InChI is InChI=1S/C13H12N2/c1-2-4-12(5-3-1)15-9-7-11-10-14-8-6-13(11)15/h1-9,14H,10H2. The molecular weight excluding hydrogens is 184 g/mol. The molecule has 1 N–H and O–H groups in total. The molecule has 0 saturated heterocycles. The van der Waals surface area contributed by atoms with Gasteiger partial charge in [-0.1, -0.05) is 18.2 Å². The zero-order chi connectivity index (χ0) is 10.1. The lowest BCUT2D eigenvalue weighted by Gasteiger charge is -2.11. The lowest BCUT2D eigenvalue weighted by atomic mass is 10.2. The largest absolute Gasteiger partial charge is 0.387 e. The predicted molar refractivity (Wildman–Crippen MR) is 61.6 cm³/mol. The van der Waals surface area contributed by atoms with Crippen LogP contribution in [0.2, 0.25) is 0 Å². The van der Waals surface area contributed by atoms with E-state index in [2.05, 4.69) is 52.5 Å². The highest BCUT2D eigenvalue weighted by molar-refractivity contribution is 5.56. The summed E-state index contributed by atoms with van der Waals surface area (Å²) >= 11 is 0. The topological polar surface area (TPSA) is 17.0 Å². The van der Waals surface area contributed by atoms with Crippen LogP contribution in [0, 0.1) is 0 Å². The number of rotatable bonds is 1. The fourth-order valence-electron chi connectivity index (χ4n) is 1.94. The highest BCUT2D eigenvalue weighted by Gasteiger charge is 2.09. The van der Waals surface area contributed by atoms with Crippen LogP contribution in [0.4, 0.5) is 0 Å². The smallest absolute Gasteiger partial charge is 0.0520 e. The van der Waals surface area contributed by atoms with Crippen molar-refractivity contribution in [1.82, 2.24) is 9.88 Å². The molecular formula is C13H12N2. The summed E-state index contributed by atoms with van der Waals surface area (Å²) in [6.45, 7) is 0.922. The quantitative estimate of drug-likeness (QED) is 0.741. The van der Waals surface area contributed by atoms with Crippen molar-refractivity contribution in [2.75, 3.05) is 0 Å². The van der Waals surface area contributed by atoms with Gasteiger partial charge in [0.25, 0.3) is 0 Å². The molecule has 0 amide bonds. The van der Waals surface area contributed by atoms with Crippen LogP contribution in [-0.4, -0.2) is 4.57 Å². The van der Waals surface area contributed by atoms with Crippen molar-refractivity contribution < 1.29 is 0 Å². The molecule has 2 nitrogen and oxygen atoms in total. The first-order valence-corrected chi connectivity index (χ1v) is 5.11. The van der Waals surface area contributed by atoms with Gasteiger partial charge in [0.1, 0.15) is 0 Å². The molecule has 0 radical (unpaired) electrons. The molecule has 15 heavy (non-hydrogen) atoms. The summed E-state index contributed by atoms with van der Waals surface area (Å²) in [5.41, 5.74) is 3.84. The van der Waals surface area contributed by atoms with Gasteiger partial charge >= 0.3 is 0 Å². The molecule has 0 fully saturated rings. The number of hydrogen-bond donors (Lipinski definition) is 1. The lowest BCUT2D eigenvalue weighted by molar-refractivity contribution is 0.850. The molecule has 2 aromatic rings. The van der Waals surface area contributed by atoms with Gasteiger partial charge in [0.15, 0.2) is 0 Å². The minimum absolute atomic E-state index is 0.922. The van der Waals surface area contributed by atoms with Crippen LogP contribution in [-0.2, 0) is 6.54 Å². The second-order valence-corrected chi connectivity index (χ2v) is 3.65. The average Bonchev–Trinajstić information content (AvgIpc) is 2.74. The first kappa shape index (κ1) is 8.36. The number of nitrogens with zero attached hydrogens (tertiary/aromatic N) is 1. The Morgan fingerprint density at radius 1 is 1.07 bits per heavy atom. The minimum atomic E-state index is 0.922. The predicted octanol–water partition coefficient (Wildman–Crippen LogP) is 2.55. The van der Waals surface area contributed by atoms with Crippen molar-refractivity contribution >= 4 is 6.08 Å². The summed E-state index contributed by atoms with van der Waals surface area (Å²) in [6.07, 6.45) is 6.24. The van der Waals surface area contributed by atoms with Crippen LogP contribution in [0.25, 0.3) is 11.8 Å². The van der Waals surface area contributed by atoms with Crippen LogP contribution in [0.5, 0.6) is 0 Å². The van der Waals surface area contributed by atoms with E-state index in [-0.39, 0.29) is 0 Å². The molecule has 0 unspecified atom stereocenters. The van der Waals surface area contributed by atoms with E-state index in [1.807, 2.05) is 12.3 Å². The second-order valence-electron chi connectivity index (χ2n) is 3.65. The Bertz CT molecular complexity index is 495. The van der Waals surface area contributed by atoms with Crippen LogP contribution < -0.4 is 5.32 Å². The van der Waals surface area contributed by atoms with Crippen LogP contribution >= 0.6 is 0 Å². The summed E-state index contributed by atoms with van der Waals surface area (Å²) in [4.78, 5) is 0. The van der Waals surface area contributed by atoms with E-state index in [1.165, 1.54) is 16.9 Å². The van der Waals surface area contributed by atoms with E-state index in [1.54, 1.807) is 0 Å². The van der Waals surface area contributed by atoms with Crippen molar-refractivity contribution in [2.45, 2.75) is 6.54 Å². The van der Waals surface area contributed by atoms with E-state index in [4.69, 9.17) is 0 Å². The first-order valence-electron chi connectivity index (χ1n) is 5.11. The molecule has 1 aliphatic rings. The van der Waals surface area contributed by atoms with E-state index < -0.39 is 0 Å². The van der Waals surface area contributed by atoms with Crippen LogP contribution in [0.1, 0.15) is 11.3 Å². The van der Waals surface area contributed by atoms with Gasteiger partial charge in [0.05, 0.1) is 5.69 Å². The number of para-hydroxylation sites is 1. The molecule has 0 aliphatic carbocycles. The fourth-order valence-corrected chi connectivity index (χ4v) is 1.94. The highest BCUT2D eigenvalue weighted by atomic mass is 15.0. The number of hydrogen-bond acceptors (Lipinski definition) is 1. The highest BCUT2D eigenvalue weighted by Crippen LogP contribution is 2.20. The Balaban J connectivity index is 2.15. The minimum Gasteiger partial charge on any atom is -0.387 e. The fraction of sp³-hybridized carbons (Fsp3) is 0.0769. The van der Waals surface area contributed by atoms with Crippen LogP contribution in [0.3, 0.4) is 0 Å². The first-order chi connectivity index (χ1) is 7.45. The Morgan fingerprint density at radius 2 is 1.93 bits per heavy atom. The molecule has 0 bridgehead atoms. The van der Waals surface area contributed by atoms with E-state index in [9.17, 15) is 0 Å². The maximum Gasteiger partial charge on any atom is 0.0520 e. The molecule has 74 valence electrons. The average molecular weight is 196 g/mol. The SMILES string of the molecule is C1=Cc2c(ccn2-c2ccccc2)CN1. The molecule has 0 saturated carbocycles. The van der Waals surface area contributed by atoms with Crippen molar-refractivity contribution in [3.8, 4) is 5.69 Å². The van der Waals surface area contributed by atoms with E-state index >= 15 is 0 Å². The maximum atomic E-state index is 3.21. The van der Waals surface area contributed by atoms with Crippen molar-refractivity contribution in [2.24, 2.45) is 0 Å². The zero-order valence-corrected chi connectivity index (χ0v) is 8.35. The van der Waals surface area contributed by atoms with Crippen molar-refractivity contribution in [3.63, 3.8) is 0 Å². The van der Waals surface area contributed by atoms with Gasteiger partial charge in [0, 0.05) is 18.4 Å². The molecule has 0 atom stereocenters. The summed E-state index contributed by atoms with van der Waals surface area (Å²) in [5, 5.41) is 3.21. The second kappa shape index (κ2) is 3.31. The Morgan fingerprint density at radius 3 is 2.80 bits per heavy atom. The maximum absolute atomic E-state index is 3.21. The molecule has 2 heteroatoms. The van der Waals surface area contributed by atoms with Crippen molar-refractivity contribution in [3.05, 3.63) is 60.1 Å². The summed E-state index contributed by atoms with van der Waals surface area (Å²) in [7, 11) is 0. The van der Waals surface area contributed by atoms with Crippen LogP contribution in [0.15, 0.2) is 48.8 Å². The van der Waals surface area contributed by atoms with Gasteiger partial charge in [-0.25, -0.2) is 0 Å². The summed E-state index contributed by atoms with van der Waals surface area (Å²) < 4.78 is 2.21. The molecule has 1 aromatic carbocycles. The molecule has 1 aliphatic heterocycles. The van der Waals surface area contributed by atoms with E-state index in [0.29, 0.717) is 0 Å². The number of nitrogens with one attached hydrogen (secondary N) is 1. The molecule has 3 rings (SSSR count). The molecule has 1 aromatic heterocycles. The molecule has 2 heterocycles. The third kappa shape index (κ3) is 1.34. The van der Waals surface area contributed by atoms with Gasteiger partial charge in [0.2, 0.25) is 0 Å². The summed E-state index contributed by atoms with van der Waals surface area (Å²) in [5.74, 6) is 0. The number of fused-ring (bicyclic) bond motifs is 1.